The number of aliphatic hydroxyl groups is 2. The second-order valence-electron chi connectivity index (χ2n) is 27.0. The molecule has 508 valence electrons. The Labute approximate surface area is 538 Å². The second-order valence-corrected chi connectivity index (χ2v) is 27.0. The van der Waals surface area contributed by atoms with Crippen LogP contribution in [0.5, 0.6) is 0 Å². The van der Waals surface area contributed by atoms with Gasteiger partial charge in [0.2, 0.25) is 5.91 Å². The summed E-state index contributed by atoms with van der Waals surface area (Å²) in [6.07, 6.45) is 98.4. The zero-order valence-electron chi connectivity index (χ0n) is 58.3. The SMILES string of the molecule is CCCCCCCCCCCCCCCCCCCCC/C=C/C(O)C(CO)NC(=O)CCCCCCCCCCCCCCCCCCC/C=C\C/C=C\CCCCCCCCCCCCCCCOC(=O)CCCCCCCCCCCCC. The number of hydrogen-bond acceptors (Lipinski definition) is 5. The molecule has 86 heavy (non-hydrogen) atoms. The molecular weight excluding hydrogens is 1050 g/mol. The van der Waals surface area contributed by atoms with E-state index in [9.17, 15) is 19.8 Å². The number of amides is 1. The van der Waals surface area contributed by atoms with Crippen molar-refractivity contribution in [3.63, 3.8) is 0 Å². The summed E-state index contributed by atoms with van der Waals surface area (Å²) >= 11 is 0. The van der Waals surface area contributed by atoms with Gasteiger partial charge in [-0.25, -0.2) is 0 Å². The van der Waals surface area contributed by atoms with E-state index >= 15 is 0 Å². The van der Waals surface area contributed by atoms with Crippen LogP contribution in [0.25, 0.3) is 0 Å². The van der Waals surface area contributed by atoms with Gasteiger partial charge < -0.3 is 20.3 Å². The molecule has 0 aromatic rings. The molecule has 2 unspecified atom stereocenters. The number of carbonyl (C=O) groups is 2. The van der Waals surface area contributed by atoms with Crippen LogP contribution in [-0.2, 0) is 14.3 Å². The Morgan fingerprint density at radius 3 is 0.884 bits per heavy atom. The average Bonchev–Trinajstić information content (AvgIpc) is 3.58. The Kier molecular flexibility index (Phi) is 73.9. The van der Waals surface area contributed by atoms with Crippen LogP contribution >= 0.6 is 0 Å². The Morgan fingerprint density at radius 1 is 0.326 bits per heavy atom. The van der Waals surface area contributed by atoms with Gasteiger partial charge in [0.05, 0.1) is 25.4 Å². The lowest BCUT2D eigenvalue weighted by Gasteiger charge is -2.20. The molecule has 0 bridgehead atoms. The van der Waals surface area contributed by atoms with Gasteiger partial charge in [-0.15, -0.1) is 0 Å². The van der Waals surface area contributed by atoms with Crippen molar-refractivity contribution in [1.29, 1.82) is 0 Å². The molecular formula is C80H153NO5. The summed E-state index contributed by atoms with van der Waals surface area (Å²) in [4.78, 5) is 24.6. The van der Waals surface area contributed by atoms with Crippen molar-refractivity contribution in [2.45, 2.75) is 450 Å². The normalized spacial score (nSPS) is 12.7. The van der Waals surface area contributed by atoms with Crippen molar-refractivity contribution in [2.24, 2.45) is 0 Å². The predicted octanol–water partition coefficient (Wildman–Crippen LogP) is 25.8. The molecule has 3 N–H and O–H groups in total. The highest BCUT2D eigenvalue weighted by Crippen LogP contribution is 2.19. The molecule has 0 fully saturated rings. The third kappa shape index (κ3) is 71.2. The first-order valence-electron chi connectivity index (χ1n) is 39.3. The second kappa shape index (κ2) is 75.5. The number of ether oxygens (including phenoxy) is 1. The number of aliphatic hydroxyl groups excluding tert-OH is 2. The molecule has 0 spiro atoms. The first-order valence-corrected chi connectivity index (χ1v) is 39.3. The third-order valence-corrected chi connectivity index (χ3v) is 18.4. The molecule has 0 radical (unpaired) electrons. The quantitative estimate of drug-likeness (QED) is 0.0320. The lowest BCUT2D eigenvalue weighted by molar-refractivity contribution is -0.143. The fourth-order valence-electron chi connectivity index (χ4n) is 12.4. The van der Waals surface area contributed by atoms with E-state index in [1.807, 2.05) is 6.08 Å². The molecule has 6 heteroatoms. The van der Waals surface area contributed by atoms with E-state index in [0.717, 1.165) is 44.9 Å². The predicted molar refractivity (Wildman–Crippen MR) is 379 cm³/mol. The summed E-state index contributed by atoms with van der Waals surface area (Å²) in [5, 5.41) is 23.3. The first kappa shape index (κ1) is 84.1. The monoisotopic (exact) mass is 1210 g/mol. The van der Waals surface area contributed by atoms with Gasteiger partial charge in [0, 0.05) is 12.8 Å². The van der Waals surface area contributed by atoms with Crippen LogP contribution in [0.3, 0.4) is 0 Å². The lowest BCUT2D eigenvalue weighted by atomic mass is 10.0. The number of carbonyl (C=O) groups excluding carboxylic acids is 2. The van der Waals surface area contributed by atoms with E-state index in [0.29, 0.717) is 19.4 Å². The number of rotatable bonds is 74. The summed E-state index contributed by atoms with van der Waals surface area (Å²) in [5.74, 6) is -0.0420. The standard InChI is InChI=1S/C80H153NO5/c1-3-5-7-9-11-13-15-16-17-18-19-37-40-43-46-49-53-56-60-64-68-72-78(83)77(76-82)81-79(84)73-69-65-61-57-54-50-47-44-41-38-35-33-31-29-27-25-23-21-20-22-24-26-28-30-32-34-36-39-42-45-48-51-55-59-63-67-71-75-86-80(85)74-70-66-62-58-52-14-12-10-8-6-4-2/h20,22,26,28,68,72,77-78,82-83H,3-19,21,23-25,27,29-67,69-71,73-76H2,1-2H3,(H,81,84)/b22-20-,28-26-,72-68+. The zero-order valence-corrected chi connectivity index (χ0v) is 58.3. The van der Waals surface area contributed by atoms with Crippen molar-refractivity contribution in [2.75, 3.05) is 13.2 Å². The fraction of sp³-hybridized carbons (Fsp3) is 0.900. The third-order valence-electron chi connectivity index (χ3n) is 18.4. The highest BCUT2D eigenvalue weighted by Gasteiger charge is 2.18. The minimum atomic E-state index is -0.844. The molecule has 0 aliphatic carbocycles. The van der Waals surface area contributed by atoms with Crippen LogP contribution in [0.4, 0.5) is 0 Å². The molecule has 0 aliphatic heterocycles. The van der Waals surface area contributed by atoms with Gasteiger partial charge in [-0.3, -0.25) is 9.59 Å². The van der Waals surface area contributed by atoms with E-state index in [1.54, 1.807) is 6.08 Å². The topological polar surface area (TPSA) is 95.9 Å². The van der Waals surface area contributed by atoms with Crippen LogP contribution in [0, 0.1) is 0 Å². The van der Waals surface area contributed by atoms with E-state index in [-0.39, 0.29) is 18.5 Å². The van der Waals surface area contributed by atoms with E-state index in [4.69, 9.17) is 4.74 Å². The maximum Gasteiger partial charge on any atom is 0.305 e. The highest BCUT2D eigenvalue weighted by atomic mass is 16.5. The van der Waals surface area contributed by atoms with Gasteiger partial charge in [0.15, 0.2) is 0 Å². The zero-order chi connectivity index (χ0) is 62.0. The van der Waals surface area contributed by atoms with Crippen molar-refractivity contribution in [1.82, 2.24) is 5.32 Å². The average molecular weight is 1210 g/mol. The van der Waals surface area contributed by atoms with E-state index < -0.39 is 12.1 Å². The van der Waals surface area contributed by atoms with Crippen molar-refractivity contribution in [3.05, 3.63) is 36.5 Å². The Morgan fingerprint density at radius 2 is 0.581 bits per heavy atom. The number of allylic oxidation sites excluding steroid dienone is 5. The molecule has 6 nitrogen and oxygen atoms in total. The van der Waals surface area contributed by atoms with Crippen molar-refractivity contribution < 1.29 is 24.5 Å². The van der Waals surface area contributed by atoms with Gasteiger partial charge in [0.25, 0.3) is 0 Å². The molecule has 1 amide bonds. The van der Waals surface area contributed by atoms with Gasteiger partial charge in [0.1, 0.15) is 0 Å². The van der Waals surface area contributed by atoms with Crippen molar-refractivity contribution >= 4 is 11.9 Å². The summed E-state index contributed by atoms with van der Waals surface area (Å²) in [5.41, 5.74) is 0. The number of nitrogens with one attached hydrogen (secondary N) is 1. The molecule has 0 saturated carbocycles. The van der Waals surface area contributed by atoms with Gasteiger partial charge in [-0.1, -0.05) is 397 Å². The first-order chi connectivity index (χ1) is 42.5. The van der Waals surface area contributed by atoms with E-state index in [1.165, 1.54) is 366 Å². The van der Waals surface area contributed by atoms with Crippen LogP contribution < -0.4 is 5.32 Å². The van der Waals surface area contributed by atoms with Gasteiger partial charge >= 0.3 is 5.97 Å². The molecule has 0 aliphatic rings. The molecule has 2 atom stereocenters. The number of unbranched alkanes of at least 4 members (excludes halogenated alkanes) is 59. The summed E-state index contributed by atoms with van der Waals surface area (Å²) in [6.45, 7) is 4.95. The van der Waals surface area contributed by atoms with Crippen LogP contribution in [-0.4, -0.2) is 47.4 Å². The lowest BCUT2D eigenvalue weighted by Crippen LogP contribution is -2.45. The van der Waals surface area contributed by atoms with Crippen LogP contribution in [0.15, 0.2) is 36.5 Å². The number of hydrogen-bond donors (Lipinski definition) is 3. The fourth-order valence-corrected chi connectivity index (χ4v) is 12.4. The molecule has 0 heterocycles. The molecule has 0 aromatic heterocycles. The van der Waals surface area contributed by atoms with Gasteiger partial charge in [-0.05, 0) is 64.2 Å². The van der Waals surface area contributed by atoms with Crippen molar-refractivity contribution in [3.8, 4) is 0 Å². The Bertz CT molecular complexity index is 1390. The Balaban J connectivity index is 3.39. The summed E-state index contributed by atoms with van der Waals surface area (Å²) < 4.78 is 5.48. The maximum atomic E-state index is 12.5. The minimum absolute atomic E-state index is 0.0188. The van der Waals surface area contributed by atoms with E-state index in [2.05, 4.69) is 43.5 Å². The molecule has 0 rings (SSSR count). The summed E-state index contributed by atoms with van der Waals surface area (Å²) in [7, 11) is 0. The molecule has 0 saturated heterocycles. The summed E-state index contributed by atoms with van der Waals surface area (Å²) in [6, 6.07) is -0.627. The molecule has 0 aromatic carbocycles. The Hall–Kier alpha value is -1.92. The largest absolute Gasteiger partial charge is 0.466 e. The van der Waals surface area contributed by atoms with Gasteiger partial charge in [-0.2, -0.15) is 0 Å². The minimum Gasteiger partial charge on any atom is -0.466 e. The smallest absolute Gasteiger partial charge is 0.305 e. The highest BCUT2D eigenvalue weighted by molar-refractivity contribution is 5.76. The van der Waals surface area contributed by atoms with Crippen LogP contribution in [0.1, 0.15) is 438 Å². The maximum absolute atomic E-state index is 12.5. The number of esters is 1. The van der Waals surface area contributed by atoms with Crippen LogP contribution in [0.2, 0.25) is 0 Å².